The number of aliphatic carboxylic acids is 2. The van der Waals surface area contributed by atoms with Crippen molar-refractivity contribution in [1.82, 2.24) is 4.90 Å². The first-order valence-corrected chi connectivity index (χ1v) is 10.1. The van der Waals surface area contributed by atoms with E-state index in [1.54, 1.807) is 0 Å². The van der Waals surface area contributed by atoms with E-state index >= 15 is 0 Å². The van der Waals surface area contributed by atoms with E-state index in [1.165, 1.54) is 21.6 Å². The fourth-order valence-corrected chi connectivity index (χ4v) is 3.84. The second-order valence-corrected chi connectivity index (χ2v) is 7.61. The largest absolute Gasteiger partial charge is 0.478 e. The molecule has 2 N–H and O–H groups in total. The Morgan fingerprint density at radius 3 is 2.24 bits per heavy atom. The van der Waals surface area contributed by atoms with Crippen LogP contribution in [0.1, 0.15) is 22.8 Å². The normalized spacial score (nSPS) is 15.1. The Kier molecular flexibility index (Phi) is 8.92. The lowest BCUT2D eigenvalue weighted by molar-refractivity contribution is -0.134. The number of thioether (sulfide) groups is 1. The Bertz CT molecular complexity index is 802. The molecule has 0 aliphatic carbocycles. The number of hydrogen-bond donors (Lipinski definition) is 2. The minimum Gasteiger partial charge on any atom is -0.478 e. The number of rotatable bonds is 6. The summed E-state index contributed by atoms with van der Waals surface area (Å²) in [6, 6.07) is 17.3. The number of carboxylic acid groups (broad SMARTS) is 2. The summed E-state index contributed by atoms with van der Waals surface area (Å²) in [4.78, 5) is 22.6. The molecule has 29 heavy (non-hydrogen) atoms. The smallest absolute Gasteiger partial charge is 0.328 e. The molecule has 0 aromatic heterocycles. The van der Waals surface area contributed by atoms with E-state index in [1.807, 2.05) is 11.8 Å². The van der Waals surface area contributed by atoms with Crippen molar-refractivity contribution in [2.45, 2.75) is 16.8 Å². The summed E-state index contributed by atoms with van der Waals surface area (Å²) in [5, 5.41) is 15.6. The molecule has 0 saturated carbocycles. The van der Waals surface area contributed by atoms with Crippen molar-refractivity contribution in [2.24, 2.45) is 0 Å². The Balaban J connectivity index is 0.000000321. The molecular weight excluding hydrogens is 390 g/mol. The highest BCUT2D eigenvalue weighted by molar-refractivity contribution is 7.98. The van der Waals surface area contributed by atoms with Crippen LogP contribution in [0.15, 0.2) is 65.6 Å². The van der Waals surface area contributed by atoms with E-state index in [0.29, 0.717) is 12.2 Å². The van der Waals surface area contributed by atoms with E-state index in [0.717, 1.165) is 18.9 Å². The van der Waals surface area contributed by atoms with Crippen molar-refractivity contribution in [3.05, 3.63) is 77.4 Å². The van der Waals surface area contributed by atoms with Gasteiger partial charge >= 0.3 is 11.9 Å². The zero-order valence-corrected chi connectivity index (χ0v) is 17.3. The molecular formula is C22H25NO5S. The van der Waals surface area contributed by atoms with Crippen molar-refractivity contribution >= 4 is 23.7 Å². The van der Waals surface area contributed by atoms with Crippen LogP contribution in [-0.4, -0.2) is 54.3 Å². The summed E-state index contributed by atoms with van der Waals surface area (Å²) < 4.78 is 6.27. The average Bonchev–Trinajstić information content (AvgIpc) is 2.84. The number of benzene rings is 2. The first kappa shape index (κ1) is 22.7. The van der Waals surface area contributed by atoms with Crippen LogP contribution in [0.4, 0.5) is 0 Å². The number of carboxylic acids is 2. The Morgan fingerprint density at radius 2 is 1.62 bits per heavy atom. The fraction of sp³-hybridized carbons (Fsp3) is 0.273. The number of hydrogen-bond acceptors (Lipinski definition) is 5. The van der Waals surface area contributed by atoms with Crippen molar-refractivity contribution in [3.8, 4) is 0 Å². The highest BCUT2D eigenvalue weighted by Crippen LogP contribution is 2.40. The molecule has 7 heteroatoms. The maximum atomic E-state index is 9.55. The zero-order valence-electron chi connectivity index (χ0n) is 16.4. The van der Waals surface area contributed by atoms with Crippen LogP contribution in [0.25, 0.3) is 0 Å². The second-order valence-electron chi connectivity index (χ2n) is 6.59. The number of fused-ring (bicyclic) bond motifs is 2. The zero-order chi connectivity index (χ0) is 21.2. The number of carbonyl (C=O) groups is 2. The highest BCUT2D eigenvalue weighted by Gasteiger charge is 2.24. The first-order valence-electron chi connectivity index (χ1n) is 9.08. The molecule has 1 aliphatic heterocycles. The molecule has 3 rings (SSSR count). The standard InChI is InChI=1S/C18H21NOS.C4H4O4/c1-19(2)11-12-20-18-15-8-4-3-7-14(15)13-21-17-10-6-5-9-16(17)18;5-3(6)1-2-4(7)8/h3-10,18H,11-13H2,1-2H3;1-2H,(H,5,6)(H,7,8)/b;2-1+. The van der Waals surface area contributed by atoms with Gasteiger partial charge in [0.05, 0.1) is 6.61 Å². The molecule has 0 radical (unpaired) electrons. The topological polar surface area (TPSA) is 87.1 Å². The number of ether oxygens (including phenoxy) is 1. The lowest BCUT2D eigenvalue weighted by Crippen LogP contribution is -2.20. The van der Waals surface area contributed by atoms with Gasteiger partial charge in [0.25, 0.3) is 0 Å². The van der Waals surface area contributed by atoms with E-state index in [4.69, 9.17) is 14.9 Å². The van der Waals surface area contributed by atoms with Crippen LogP contribution in [0.5, 0.6) is 0 Å². The third-order valence-corrected chi connectivity index (χ3v) is 5.25. The van der Waals surface area contributed by atoms with Crippen molar-refractivity contribution in [2.75, 3.05) is 27.2 Å². The summed E-state index contributed by atoms with van der Waals surface area (Å²) in [7, 11) is 4.16. The molecule has 0 amide bonds. The average molecular weight is 416 g/mol. The lowest BCUT2D eigenvalue weighted by Gasteiger charge is -2.21. The molecule has 1 unspecified atom stereocenters. The van der Waals surface area contributed by atoms with Crippen LogP contribution in [-0.2, 0) is 20.1 Å². The molecule has 0 spiro atoms. The first-order chi connectivity index (χ1) is 13.9. The number of nitrogens with zero attached hydrogens (tertiary/aromatic N) is 1. The van der Waals surface area contributed by atoms with Gasteiger partial charge in [-0.25, -0.2) is 9.59 Å². The van der Waals surface area contributed by atoms with Gasteiger partial charge in [0.15, 0.2) is 0 Å². The molecule has 1 aliphatic rings. The summed E-state index contributed by atoms with van der Waals surface area (Å²) in [6.45, 7) is 1.68. The van der Waals surface area contributed by atoms with Gasteiger partial charge in [-0.2, -0.15) is 0 Å². The molecule has 2 aromatic carbocycles. The molecule has 1 heterocycles. The number of likely N-dealkylation sites (N-methyl/N-ethyl adjacent to an activating group) is 1. The third kappa shape index (κ3) is 7.38. The quantitative estimate of drug-likeness (QED) is 0.696. The van der Waals surface area contributed by atoms with Crippen LogP contribution >= 0.6 is 11.8 Å². The molecule has 0 fully saturated rings. The van der Waals surface area contributed by atoms with Crippen molar-refractivity contribution in [1.29, 1.82) is 0 Å². The molecule has 1 atom stereocenters. The van der Waals surface area contributed by atoms with Crippen LogP contribution < -0.4 is 0 Å². The fourth-order valence-electron chi connectivity index (χ4n) is 2.75. The minimum atomic E-state index is -1.26. The molecule has 0 saturated heterocycles. The lowest BCUT2D eigenvalue weighted by atomic mass is 9.97. The predicted octanol–water partition coefficient (Wildman–Crippen LogP) is 3.67. The maximum absolute atomic E-state index is 9.55. The van der Waals surface area contributed by atoms with Crippen LogP contribution in [0, 0.1) is 0 Å². The van der Waals surface area contributed by atoms with Gasteiger partial charge in [0.1, 0.15) is 6.10 Å². The van der Waals surface area contributed by atoms with E-state index in [-0.39, 0.29) is 6.10 Å². The summed E-state index contributed by atoms with van der Waals surface area (Å²) >= 11 is 1.91. The molecule has 2 aromatic rings. The van der Waals surface area contributed by atoms with Gasteiger partial charge in [-0.1, -0.05) is 42.5 Å². The SMILES string of the molecule is CN(C)CCOC1c2ccccc2CSc2ccccc21.O=C(O)/C=C/C(=O)O. The highest BCUT2D eigenvalue weighted by atomic mass is 32.2. The minimum absolute atomic E-state index is 0.0485. The van der Waals surface area contributed by atoms with Gasteiger partial charge < -0.3 is 19.8 Å². The van der Waals surface area contributed by atoms with Gasteiger partial charge in [0.2, 0.25) is 0 Å². The monoisotopic (exact) mass is 415 g/mol. The van der Waals surface area contributed by atoms with Gasteiger partial charge in [-0.15, -0.1) is 11.8 Å². The molecule has 154 valence electrons. The Hall–Kier alpha value is -2.61. The molecule has 6 nitrogen and oxygen atoms in total. The van der Waals surface area contributed by atoms with Gasteiger partial charge in [0, 0.05) is 29.3 Å². The molecule has 0 bridgehead atoms. The predicted molar refractivity (Wildman–Crippen MR) is 113 cm³/mol. The second kappa shape index (κ2) is 11.4. The summed E-state index contributed by atoms with van der Waals surface area (Å²) in [5.74, 6) is -1.50. The van der Waals surface area contributed by atoms with Crippen LogP contribution in [0.2, 0.25) is 0 Å². The van der Waals surface area contributed by atoms with Crippen molar-refractivity contribution < 1.29 is 24.5 Å². The Labute approximate surface area is 174 Å². The van der Waals surface area contributed by atoms with E-state index in [2.05, 4.69) is 67.5 Å². The van der Waals surface area contributed by atoms with Gasteiger partial charge in [-0.05, 0) is 36.9 Å². The third-order valence-electron chi connectivity index (χ3n) is 4.11. The summed E-state index contributed by atoms with van der Waals surface area (Å²) in [5.41, 5.74) is 3.99. The van der Waals surface area contributed by atoms with Gasteiger partial charge in [-0.3, -0.25) is 0 Å². The van der Waals surface area contributed by atoms with Crippen LogP contribution in [0.3, 0.4) is 0 Å². The van der Waals surface area contributed by atoms with Crippen molar-refractivity contribution in [3.63, 3.8) is 0 Å². The Morgan fingerprint density at radius 1 is 1.03 bits per heavy atom. The van der Waals surface area contributed by atoms with E-state index in [9.17, 15) is 9.59 Å². The summed E-state index contributed by atoms with van der Waals surface area (Å²) in [6.07, 6.45) is 1.16. The van der Waals surface area contributed by atoms with E-state index < -0.39 is 11.9 Å². The maximum Gasteiger partial charge on any atom is 0.328 e.